The van der Waals surface area contributed by atoms with Gasteiger partial charge < -0.3 is 18.2 Å². The Bertz CT molecular complexity index is 4390. The summed E-state index contributed by atoms with van der Waals surface area (Å²) in [4.78, 5) is 3.76. The third-order valence-electron chi connectivity index (χ3n) is 14.0. The molecule has 8 nitrogen and oxygen atoms in total. The highest BCUT2D eigenvalue weighted by Gasteiger charge is 2.38. The number of para-hydroxylation sites is 5. The summed E-state index contributed by atoms with van der Waals surface area (Å²) in [5, 5.41) is 40.2. The number of nitrogens with zero attached hydrogens (tertiary/aromatic N) is 8. The van der Waals surface area contributed by atoms with E-state index >= 15 is 0 Å². The van der Waals surface area contributed by atoms with E-state index in [1.54, 1.807) is 24.3 Å². The van der Waals surface area contributed by atoms with Gasteiger partial charge in [-0.25, -0.2) is 4.85 Å². The van der Waals surface area contributed by atoms with E-state index in [2.05, 4.69) is 187 Å². The summed E-state index contributed by atoms with van der Waals surface area (Å²) >= 11 is 0. The number of hydrogen-bond acceptors (Lipinski definition) is 3. The van der Waals surface area contributed by atoms with Crippen molar-refractivity contribution >= 4 is 111 Å². The van der Waals surface area contributed by atoms with Gasteiger partial charge in [-0.3, -0.25) is 0 Å². The molecule has 0 N–H and O–H groups in total. The molecule has 0 atom stereocenters. The molecule has 13 aromatic rings. The van der Waals surface area contributed by atoms with Gasteiger partial charge in [-0.05, 0) is 101 Å². The SMILES string of the molecule is [C-]#[N+]c1cc(C#N)c2c(c1)c1cc(C#N)cc(C#N)c1n2B1c2ccccc2-n2c3ccc(-n4c5ccccc5c5ccccc54)cc3c3cc(-n4c5ccccc5c5ccccc54)cc1c32. The van der Waals surface area contributed by atoms with E-state index in [0.717, 1.165) is 82.6 Å². The van der Waals surface area contributed by atoms with Gasteiger partial charge in [0.05, 0.1) is 79.5 Å². The van der Waals surface area contributed by atoms with Crippen LogP contribution in [0.2, 0.25) is 0 Å². The van der Waals surface area contributed by atoms with Crippen molar-refractivity contribution in [3.05, 3.63) is 204 Å². The molecule has 304 valence electrons. The summed E-state index contributed by atoms with van der Waals surface area (Å²) < 4.78 is 9.24. The minimum absolute atomic E-state index is 0.308. The summed E-state index contributed by atoms with van der Waals surface area (Å²) in [5.41, 5.74) is 13.9. The first-order valence-corrected chi connectivity index (χ1v) is 22.0. The molecule has 4 aromatic heterocycles. The van der Waals surface area contributed by atoms with Gasteiger partial charge in [-0.1, -0.05) is 91.0 Å². The predicted octanol–water partition coefficient (Wildman–Crippen LogP) is 12.2. The van der Waals surface area contributed by atoms with E-state index in [9.17, 15) is 15.8 Å². The summed E-state index contributed by atoms with van der Waals surface area (Å²) in [6, 6.07) is 68.0. The molecule has 0 amide bonds. The molecule has 0 radical (unpaired) electrons. The van der Waals surface area contributed by atoms with Crippen LogP contribution in [0.3, 0.4) is 0 Å². The van der Waals surface area contributed by atoms with Crippen molar-refractivity contribution in [1.82, 2.24) is 18.2 Å². The highest BCUT2D eigenvalue weighted by molar-refractivity contribution is 6.88. The van der Waals surface area contributed by atoms with Crippen molar-refractivity contribution < 1.29 is 0 Å². The Labute approximate surface area is 382 Å². The van der Waals surface area contributed by atoms with E-state index in [-0.39, 0.29) is 0 Å². The van der Waals surface area contributed by atoms with Crippen molar-refractivity contribution in [2.24, 2.45) is 0 Å². The molecule has 0 unspecified atom stereocenters. The first-order chi connectivity index (χ1) is 33.1. The van der Waals surface area contributed by atoms with Crippen LogP contribution < -0.4 is 10.9 Å². The largest absolute Gasteiger partial charge is 0.374 e. The number of fused-ring (bicyclic) bond motifs is 14. The second kappa shape index (κ2) is 13.4. The van der Waals surface area contributed by atoms with E-state index in [0.29, 0.717) is 44.2 Å². The summed E-state index contributed by atoms with van der Waals surface area (Å²) in [5.74, 6) is 0. The topological polar surface area (TPSA) is 95.5 Å². The van der Waals surface area contributed by atoms with Crippen LogP contribution in [-0.2, 0) is 0 Å². The molecule has 67 heavy (non-hydrogen) atoms. The maximum absolute atomic E-state index is 10.9. The third-order valence-corrected chi connectivity index (χ3v) is 14.0. The van der Waals surface area contributed by atoms with Crippen molar-refractivity contribution in [2.75, 3.05) is 0 Å². The third kappa shape index (κ3) is 4.76. The first-order valence-electron chi connectivity index (χ1n) is 22.0. The zero-order chi connectivity index (χ0) is 44.7. The Hall–Kier alpha value is -9.80. The van der Waals surface area contributed by atoms with Crippen LogP contribution in [0.4, 0.5) is 5.69 Å². The second-order valence-corrected chi connectivity index (χ2v) is 17.3. The summed E-state index contributed by atoms with van der Waals surface area (Å²) in [6.45, 7) is 7.45. The van der Waals surface area contributed by atoms with Gasteiger partial charge in [0, 0.05) is 54.8 Å². The minimum atomic E-state index is -0.564. The van der Waals surface area contributed by atoms with Crippen molar-refractivity contribution in [3.63, 3.8) is 0 Å². The molecule has 1 aliphatic rings. The second-order valence-electron chi connectivity index (χ2n) is 17.3. The fourth-order valence-electron chi connectivity index (χ4n) is 11.5. The zero-order valence-corrected chi connectivity index (χ0v) is 35.4. The highest BCUT2D eigenvalue weighted by atomic mass is 15.0. The minimum Gasteiger partial charge on any atom is -0.374 e. The lowest BCUT2D eigenvalue weighted by molar-refractivity contribution is 1.16. The molecular weight excluding hydrogens is 820 g/mol. The van der Waals surface area contributed by atoms with Crippen LogP contribution in [0.15, 0.2) is 176 Å². The Morgan fingerprint density at radius 2 is 0.910 bits per heavy atom. The maximum Gasteiger partial charge on any atom is 0.332 e. The lowest BCUT2D eigenvalue weighted by Crippen LogP contribution is -2.53. The molecule has 0 aliphatic carbocycles. The molecule has 5 heterocycles. The first kappa shape index (κ1) is 36.7. The number of benzene rings is 9. The van der Waals surface area contributed by atoms with Crippen molar-refractivity contribution in [1.29, 1.82) is 15.8 Å². The Morgan fingerprint density at radius 1 is 0.403 bits per heavy atom. The molecule has 0 bridgehead atoms. The molecule has 0 fully saturated rings. The van der Waals surface area contributed by atoms with Crippen LogP contribution in [0, 0.1) is 40.6 Å². The molecule has 14 rings (SSSR count). The van der Waals surface area contributed by atoms with E-state index in [4.69, 9.17) is 6.57 Å². The van der Waals surface area contributed by atoms with Gasteiger partial charge in [-0.15, -0.1) is 0 Å². The smallest absolute Gasteiger partial charge is 0.332 e. The molecule has 9 aromatic carbocycles. The van der Waals surface area contributed by atoms with Crippen LogP contribution in [-0.4, -0.2) is 25.0 Å². The average Bonchev–Trinajstić information content (AvgIpc) is 4.11. The summed E-state index contributed by atoms with van der Waals surface area (Å²) in [7, 11) is 0. The monoisotopic (exact) mass is 848 g/mol. The van der Waals surface area contributed by atoms with E-state index < -0.39 is 6.85 Å². The molecular formula is C58H29BN8. The van der Waals surface area contributed by atoms with Crippen LogP contribution in [0.5, 0.6) is 0 Å². The van der Waals surface area contributed by atoms with Gasteiger partial charge in [-0.2, -0.15) is 15.8 Å². The summed E-state index contributed by atoms with van der Waals surface area (Å²) in [6.07, 6.45) is 0. The molecule has 0 saturated carbocycles. The Kier molecular flexibility index (Phi) is 7.31. The zero-order valence-electron chi connectivity index (χ0n) is 35.4. The fourth-order valence-corrected chi connectivity index (χ4v) is 11.5. The molecule has 0 saturated heterocycles. The van der Waals surface area contributed by atoms with Gasteiger partial charge in [0.15, 0.2) is 5.69 Å². The predicted molar refractivity (Wildman–Crippen MR) is 270 cm³/mol. The molecule has 1 aliphatic heterocycles. The Morgan fingerprint density at radius 3 is 1.51 bits per heavy atom. The van der Waals surface area contributed by atoms with Crippen molar-refractivity contribution in [3.8, 4) is 35.3 Å². The van der Waals surface area contributed by atoms with Gasteiger partial charge >= 0.3 is 6.85 Å². The number of hydrogen-bond donors (Lipinski definition) is 0. The maximum atomic E-state index is 10.9. The number of aromatic nitrogens is 4. The number of nitriles is 3. The Balaban J connectivity index is 1.19. The van der Waals surface area contributed by atoms with E-state index in [1.807, 2.05) is 6.07 Å². The lowest BCUT2D eigenvalue weighted by Gasteiger charge is -2.29. The normalized spacial score (nSPS) is 12.1. The number of rotatable bonds is 3. The molecule has 0 spiro atoms. The van der Waals surface area contributed by atoms with Gasteiger partial charge in [0.2, 0.25) is 0 Å². The van der Waals surface area contributed by atoms with Crippen LogP contribution >= 0.6 is 0 Å². The quantitative estimate of drug-likeness (QED) is 0.131. The van der Waals surface area contributed by atoms with Gasteiger partial charge in [0.1, 0.15) is 6.07 Å². The van der Waals surface area contributed by atoms with Gasteiger partial charge in [0.25, 0.3) is 0 Å². The lowest BCUT2D eigenvalue weighted by atomic mass is 9.48. The van der Waals surface area contributed by atoms with E-state index in [1.165, 1.54) is 10.8 Å². The fraction of sp³-hybridized carbons (Fsp3) is 0. The van der Waals surface area contributed by atoms with Crippen molar-refractivity contribution in [2.45, 2.75) is 0 Å². The standard InChI is InChI=1S/C58H29BN8/c1-63-37-26-36(33-62)57-46(27-37)45-25-34(31-60)24-35(32-61)56(45)67(57)59-48-16-6-11-21-55(48)66-54-23-22-38(64-50-17-7-2-12-40(50)41-13-3-8-18-51(41)64)28-44(54)47-29-39(30-49(59)58(47)66)65-52-19-9-4-14-42(52)43-15-5-10-20-53(43)65/h2-30H. The average molecular weight is 849 g/mol. The van der Waals surface area contributed by atoms with Crippen LogP contribution in [0.25, 0.3) is 109 Å². The highest BCUT2D eigenvalue weighted by Crippen LogP contribution is 2.42. The molecule has 9 heteroatoms. The van der Waals surface area contributed by atoms with Crippen LogP contribution in [0.1, 0.15) is 16.7 Å².